The summed E-state index contributed by atoms with van der Waals surface area (Å²) in [6.45, 7) is 4.66. The van der Waals surface area contributed by atoms with Gasteiger partial charge in [-0.05, 0) is 12.5 Å². The average Bonchev–Trinajstić information content (AvgIpc) is 2.79. The molecule has 2 unspecified atom stereocenters. The van der Waals surface area contributed by atoms with E-state index in [1.54, 1.807) is 10.9 Å². The second-order valence-electron chi connectivity index (χ2n) is 4.34. The molecular weight excluding hydrogens is 248 g/mol. The standard InChI is InChI=1S/C14H17ClN2O/c1-3-17-13(12(15)9-16-17)14(18)10(2)11-7-5-4-6-8-11/h4-10,14,18H,3H2,1-2H3. The lowest BCUT2D eigenvalue weighted by molar-refractivity contribution is 0.141. The number of hydrogen-bond donors (Lipinski definition) is 1. The van der Waals surface area contributed by atoms with Gasteiger partial charge in [0.15, 0.2) is 0 Å². The van der Waals surface area contributed by atoms with E-state index in [0.29, 0.717) is 17.3 Å². The van der Waals surface area contributed by atoms with Crippen LogP contribution in [0, 0.1) is 0 Å². The Kier molecular flexibility index (Phi) is 4.04. The van der Waals surface area contributed by atoms with Gasteiger partial charge in [-0.15, -0.1) is 0 Å². The van der Waals surface area contributed by atoms with Crippen molar-refractivity contribution in [3.63, 3.8) is 0 Å². The fourth-order valence-corrected chi connectivity index (χ4v) is 2.35. The molecule has 0 amide bonds. The zero-order valence-corrected chi connectivity index (χ0v) is 11.3. The van der Waals surface area contributed by atoms with Crippen LogP contribution in [-0.4, -0.2) is 14.9 Å². The van der Waals surface area contributed by atoms with Crippen molar-refractivity contribution >= 4 is 11.6 Å². The zero-order valence-electron chi connectivity index (χ0n) is 10.5. The van der Waals surface area contributed by atoms with Crippen LogP contribution >= 0.6 is 11.6 Å². The SMILES string of the molecule is CCn1ncc(Cl)c1C(O)C(C)c1ccccc1. The highest BCUT2D eigenvalue weighted by atomic mass is 35.5. The smallest absolute Gasteiger partial charge is 0.104 e. The van der Waals surface area contributed by atoms with Gasteiger partial charge in [-0.2, -0.15) is 5.10 Å². The molecule has 18 heavy (non-hydrogen) atoms. The summed E-state index contributed by atoms with van der Waals surface area (Å²) < 4.78 is 1.74. The maximum Gasteiger partial charge on any atom is 0.104 e. The molecule has 0 radical (unpaired) electrons. The maximum absolute atomic E-state index is 10.5. The van der Waals surface area contributed by atoms with Crippen LogP contribution in [-0.2, 0) is 6.54 Å². The first-order chi connectivity index (χ1) is 8.65. The van der Waals surface area contributed by atoms with Gasteiger partial charge in [0.05, 0.1) is 16.9 Å². The number of rotatable bonds is 4. The van der Waals surface area contributed by atoms with E-state index in [0.717, 1.165) is 5.56 Å². The predicted octanol–water partition coefficient (Wildman–Crippen LogP) is 3.39. The van der Waals surface area contributed by atoms with Gasteiger partial charge in [0.25, 0.3) is 0 Å². The van der Waals surface area contributed by atoms with Crippen LogP contribution in [0.15, 0.2) is 36.5 Å². The first-order valence-electron chi connectivity index (χ1n) is 6.09. The van der Waals surface area contributed by atoms with E-state index in [1.807, 2.05) is 44.2 Å². The van der Waals surface area contributed by atoms with Gasteiger partial charge in [-0.3, -0.25) is 4.68 Å². The summed E-state index contributed by atoms with van der Waals surface area (Å²) in [5.41, 5.74) is 1.78. The number of nitrogens with zero attached hydrogens (tertiary/aromatic N) is 2. The number of benzene rings is 1. The van der Waals surface area contributed by atoms with E-state index in [1.165, 1.54) is 0 Å². The largest absolute Gasteiger partial charge is 0.386 e. The molecule has 0 bridgehead atoms. The molecule has 0 fully saturated rings. The molecule has 0 aliphatic heterocycles. The number of hydrogen-bond acceptors (Lipinski definition) is 2. The topological polar surface area (TPSA) is 38.0 Å². The van der Waals surface area contributed by atoms with E-state index in [4.69, 9.17) is 11.6 Å². The molecule has 0 spiro atoms. The summed E-state index contributed by atoms with van der Waals surface area (Å²) >= 11 is 6.11. The minimum Gasteiger partial charge on any atom is -0.386 e. The molecule has 0 aliphatic carbocycles. The number of aliphatic hydroxyl groups excluding tert-OH is 1. The quantitative estimate of drug-likeness (QED) is 0.919. The van der Waals surface area contributed by atoms with Crippen molar-refractivity contribution in [2.24, 2.45) is 0 Å². The van der Waals surface area contributed by atoms with Crippen molar-refractivity contribution in [1.82, 2.24) is 9.78 Å². The highest BCUT2D eigenvalue weighted by Crippen LogP contribution is 2.33. The van der Waals surface area contributed by atoms with Crippen molar-refractivity contribution in [3.8, 4) is 0 Å². The third kappa shape index (κ3) is 2.42. The molecule has 2 aromatic rings. The summed E-state index contributed by atoms with van der Waals surface area (Å²) in [5, 5.41) is 15.2. The van der Waals surface area contributed by atoms with E-state index in [2.05, 4.69) is 5.10 Å². The predicted molar refractivity (Wildman–Crippen MR) is 72.7 cm³/mol. The number of aliphatic hydroxyl groups is 1. The third-order valence-corrected chi connectivity index (χ3v) is 3.50. The number of aryl methyl sites for hydroxylation is 1. The Bertz CT molecular complexity index is 510. The van der Waals surface area contributed by atoms with Crippen molar-refractivity contribution in [1.29, 1.82) is 0 Å². The normalized spacial score (nSPS) is 14.4. The number of aromatic nitrogens is 2. The van der Waals surface area contributed by atoms with Crippen LogP contribution in [0.3, 0.4) is 0 Å². The summed E-state index contributed by atoms with van der Waals surface area (Å²) in [6.07, 6.45) is 0.934. The minimum atomic E-state index is -0.651. The van der Waals surface area contributed by atoms with Crippen LogP contribution in [0.25, 0.3) is 0 Å². The Morgan fingerprint density at radius 2 is 2.00 bits per heavy atom. The molecule has 2 atom stereocenters. The fraction of sp³-hybridized carbons (Fsp3) is 0.357. The van der Waals surface area contributed by atoms with Crippen LogP contribution in [0.4, 0.5) is 0 Å². The Balaban J connectivity index is 2.31. The lowest BCUT2D eigenvalue weighted by Crippen LogP contribution is -2.14. The van der Waals surface area contributed by atoms with E-state index < -0.39 is 6.10 Å². The highest BCUT2D eigenvalue weighted by molar-refractivity contribution is 6.31. The summed E-state index contributed by atoms with van der Waals surface area (Å²) in [4.78, 5) is 0. The molecule has 0 aliphatic rings. The monoisotopic (exact) mass is 264 g/mol. The van der Waals surface area contributed by atoms with Gasteiger partial charge in [-0.25, -0.2) is 0 Å². The van der Waals surface area contributed by atoms with Crippen molar-refractivity contribution in [2.45, 2.75) is 32.4 Å². The van der Waals surface area contributed by atoms with Crippen molar-refractivity contribution < 1.29 is 5.11 Å². The van der Waals surface area contributed by atoms with Crippen LogP contribution < -0.4 is 0 Å². The lowest BCUT2D eigenvalue weighted by atomic mass is 9.93. The molecule has 1 N–H and O–H groups in total. The molecule has 1 aromatic carbocycles. The van der Waals surface area contributed by atoms with Gasteiger partial charge in [0.1, 0.15) is 6.10 Å². The second-order valence-corrected chi connectivity index (χ2v) is 4.74. The molecule has 3 nitrogen and oxygen atoms in total. The minimum absolute atomic E-state index is 0.0225. The molecule has 0 saturated carbocycles. The molecular formula is C14H17ClN2O. The van der Waals surface area contributed by atoms with Gasteiger partial charge in [0, 0.05) is 12.5 Å². The van der Waals surface area contributed by atoms with E-state index in [-0.39, 0.29) is 5.92 Å². The van der Waals surface area contributed by atoms with Crippen LogP contribution in [0.5, 0.6) is 0 Å². The summed E-state index contributed by atoms with van der Waals surface area (Å²) in [5.74, 6) is -0.0225. The van der Waals surface area contributed by atoms with Gasteiger partial charge in [0.2, 0.25) is 0 Å². The first kappa shape index (κ1) is 13.1. The Hall–Kier alpha value is -1.32. The number of halogens is 1. The third-order valence-electron chi connectivity index (χ3n) is 3.21. The van der Waals surface area contributed by atoms with Gasteiger partial charge < -0.3 is 5.11 Å². The van der Waals surface area contributed by atoms with Crippen molar-refractivity contribution in [2.75, 3.05) is 0 Å². The zero-order chi connectivity index (χ0) is 13.1. The van der Waals surface area contributed by atoms with Crippen LogP contribution in [0.2, 0.25) is 5.02 Å². The maximum atomic E-state index is 10.5. The van der Waals surface area contributed by atoms with Gasteiger partial charge >= 0.3 is 0 Å². The van der Waals surface area contributed by atoms with Gasteiger partial charge in [-0.1, -0.05) is 48.9 Å². The van der Waals surface area contributed by atoms with E-state index in [9.17, 15) is 5.11 Å². The lowest BCUT2D eigenvalue weighted by Gasteiger charge is -2.20. The fourth-order valence-electron chi connectivity index (χ4n) is 2.09. The average molecular weight is 265 g/mol. The molecule has 1 aromatic heterocycles. The highest BCUT2D eigenvalue weighted by Gasteiger charge is 2.24. The molecule has 2 rings (SSSR count). The molecule has 4 heteroatoms. The van der Waals surface area contributed by atoms with E-state index >= 15 is 0 Å². The summed E-state index contributed by atoms with van der Waals surface area (Å²) in [6, 6.07) is 9.92. The molecule has 96 valence electrons. The Morgan fingerprint density at radius 3 is 2.61 bits per heavy atom. The summed E-state index contributed by atoms with van der Waals surface area (Å²) in [7, 11) is 0. The molecule has 0 saturated heterocycles. The Labute approximate surface area is 112 Å². The first-order valence-corrected chi connectivity index (χ1v) is 6.47. The second kappa shape index (κ2) is 5.55. The Morgan fingerprint density at radius 1 is 1.33 bits per heavy atom. The van der Waals surface area contributed by atoms with Crippen molar-refractivity contribution in [3.05, 3.63) is 52.8 Å². The van der Waals surface area contributed by atoms with Crippen LogP contribution in [0.1, 0.15) is 37.1 Å². The molecule has 1 heterocycles.